The summed E-state index contributed by atoms with van der Waals surface area (Å²) in [5.74, 6) is 1.19. The van der Waals surface area contributed by atoms with Crippen molar-refractivity contribution < 1.29 is 46.7 Å². The van der Waals surface area contributed by atoms with Gasteiger partial charge in [0.1, 0.15) is 41.0 Å². The highest BCUT2D eigenvalue weighted by Crippen LogP contribution is 2.41. The summed E-state index contributed by atoms with van der Waals surface area (Å²) >= 11 is 0. The smallest absolute Gasteiger partial charge is 0.309 e. The van der Waals surface area contributed by atoms with E-state index in [2.05, 4.69) is 6.92 Å². The van der Waals surface area contributed by atoms with Gasteiger partial charge in [0.25, 0.3) is 0 Å². The summed E-state index contributed by atoms with van der Waals surface area (Å²) in [6.07, 6.45) is 5.26. The molecule has 2 aliphatic carbocycles. The number of esters is 1. The number of hydrogen-bond acceptors (Lipinski definition) is 10. The number of fused-ring (bicyclic) bond motifs is 1. The molecule has 2 heterocycles. The number of rotatable bonds is 14. The van der Waals surface area contributed by atoms with Gasteiger partial charge in [0, 0.05) is 18.6 Å². The van der Waals surface area contributed by atoms with E-state index < -0.39 is 9.84 Å². The maximum atomic E-state index is 13.9. The molecule has 246 valence electrons. The first-order chi connectivity index (χ1) is 21.7. The summed E-state index contributed by atoms with van der Waals surface area (Å²) in [7, 11) is -3.96. The summed E-state index contributed by atoms with van der Waals surface area (Å²) in [5.41, 5.74) is 0. The average molecular weight is 645 g/mol. The van der Waals surface area contributed by atoms with Crippen LogP contribution in [0.5, 0.6) is 17.2 Å². The van der Waals surface area contributed by atoms with E-state index in [-0.39, 0.29) is 76.7 Å². The van der Waals surface area contributed by atoms with Gasteiger partial charge in [0.05, 0.1) is 42.8 Å². The van der Waals surface area contributed by atoms with Gasteiger partial charge in [-0.3, -0.25) is 4.79 Å². The maximum absolute atomic E-state index is 13.9. The molecular weight excluding hydrogens is 600 g/mol. The van der Waals surface area contributed by atoms with E-state index in [4.69, 9.17) is 28.4 Å². The number of sulfone groups is 1. The Balaban J connectivity index is 1.16. The number of ether oxygens (including phenoxy) is 6. The van der Waals surface area contributed by atoms with Crippen LogP contribution in [0.4, 0.5) is 0 Å². The van der Waals surface area contributed by atoms with E-state index in [1.165, 1.54) is 18.2 Å². The number of aliphatic hydroxyl groups excluding tert-OH is 1. The SMILES string of the molecule is C[C@H](CO)COc1ccc(S(=O)(=O)c2ccc(OCC3CO3)cc2)c(OC2CC(COC(=O)C3CCC4OC4C3)CC[C@H]2C)c1. The zero-order valence-electron chi connectivity index (χ0n) is 26.0. The van der Waals surface area contributed by atoms with E-state index >= 15 is 0 Å². The summed E-state index contributed by atoms with van der Waals surface area (Å²) < 4.78 is 62.5. The third-order valence-electron chi connectivity index (χ3n) is 9.33. The van der Waals surface area contributed by atoms with Crippen molar-refractivity contribution in [1.29, 1.82) is 0 Å². The average Bonchev–Trinajstić information content (AvgIpc) is 3.98. The lowest BCUT2D eigenvalue weighted by molar-refractivity contribution is -0.151. The Hall–Kier alpha value is -2.86. The van der Waals surface area contributed by atoms with Gasteiger partial charge in [-0.2, -0.15) is 0 Å². The van der Waals surface area contributed by atoms with Gasteiger partial charge in [-0.05, 0) is 86.8 Å². The lowest BCUT2D eigenvalue weighted by Crippen LogP contribution is -2.35. The molecule has 0 aromatic heterocycles. The molecule has 0 bridgehead atoms. The second-order valence-electron chi connectivity index (χ2n) is 13.1. The Morgan fingerprint density at radius 1 is 0.978 bits per heavy atom. The molecule has 1 N–H and O–H groups in total. The number of benzene rings is 2. The molecule has 45 heavy (non-hydrogen) atoms. The van der Waals surface area contributed by atoms with Crippen molar-refractivity contribution in [3.8, 4) is 17.2 Å². The van der Waals surface area contributed by atoms with E-state index in [0.29, 0.717) is 43.8 Å². The van der Waals surface area contributed by atoms with Gasteiger partial charge in [0.15, 0.2) is 0 Å². The third kappa shape index (κ3) is 8.11. The minimum atomic E-state index is -3.96. The molecular formula is C34H44O10S. The largest absolute Gasteiger partial charge is 0.493 e. The van der Waals surface area contributed by atoms with Crippen LogP contribution in [0.1, 0.15) is 52.4 Å². The zero-order valence-corrected chi connectivity index (χ0v) is 26.8. The van der Waals surface area contributed by atoms with Crippen LogP contribution in [0, 0.1) is 23.7 Å². The van der Waals surface area contributed by atoms with Crippen LogP contribution in [-0.2, 0) is 28.8 Å². The van der Waals surface area contributed by atoms with Crippen molar-refractivity contribution in [2.75, 3.05) is 33.0 Å². The van der Waals surface area contributed by atoms with Crippen LogP contribution in [0.25, 0.3) is 0 Å². The first kappa shape index (κ1) is 32.1. The van der Waals surface area contributed by atoms with Crippen LogP contribution in [0.15, 0.2) is 52.3 Å². The molecule has 0 spiro atoms. The second-order valence-corrected chi connectivity index (χ2v) is 15.0. The summed E-state index contributed by atoms with van der Waals surface area (Å²) in [6.45, 7) is 5.65. The molecule has 8 atom stereocenters. The third-order valence-corrected chi connectivity index (χ3v) is 11.1. The van der Waals surface area contributed by atoms with Gasteiger partial charge in [-0.15, -0.1) is 0 Å². The molecule has 10 nitrogen and oxygen atoms in total. The first-order valence-electron chi connectivity index (χ1n) is 16.2. The minimum Gasteiger partial charge on any atom is -0.493 e. The Labute approximate surface area is 265 Å². The van der Waals surface area contributed by atoms with Crippen molar-refractivity contribution in [1.82, 2.24) is 0 Å². The van der Waals surface area contributed by atoms with E-state index in [0.717, 1.165) is 32.1 Å². The molecule has 0 radical (unpaired) electrons. The molecule has 2 aromatic carbocycles. The zero-order chi connectivity index (χ0) is 31.6. The number of carbonyl (C=O) groups is 1. The Kier molecular flexibility index (Phi) is 9.89. The monoisotopic (exact) mass is 644 g/mol. The summed E-state index contributed by atoms with van der Waals surface area (Å²) in [5, 5.41) is 9.43. The highest BCUT2D eigenvalue weighted by Gasteiger charge is 2.46. The van der Waals surface area contributed by atoms with Crippen LogP contribution < -0.4 is 14.2 Å². The Morgan fingerprint density at radius 2 is 1.76 bits per heavy atom. The Bertz CT molecular complexity index is 1420. The van der Waals surface area contributed by atoms with E-state index in [1.54, 1.807) is 24.3 Å². The molecule has 4 aliphatic rings. The molecule has 2 aliphatic heterocycles. The highest BCUT2D eigenvalue weighted by atomic mass is 32.2. The molecule has 11 heteroatoms. The topological polar surface area (TPSA) is 133 Å². The highest BCUT2D eigenvalue weighted by molar-refractivity contribution is 7.91. The standard InChI is InChI=1S/C34H44O10S/c1-21(16-35)17-39-26-8-12-33(45(37,38)28-9-6-25(7-10-28)40-19-27-20-41-27)32(15-26)44-30-13-23(4-3-22(30)2)18-42-34(36)24-5-11-29-31(14-24)43-29/h6-10,12,15,21-24,27,29-31,35H,3-5,11,13-14,16-20H2,1-2H3/t21-,22-,23?,24?,27?,29?,30?,31?/m1/s1. The van der Waals surface area contributed by atoms with Gasteiger partial charge >= 0.3 is 5.97 Å². The first-order valence-corrected chi connectivity index (χ1v) is 17.6. The second kappa shape index (κ2) is 13.9. The minimum absolute atomic E-state index is 0.0234. The van der Waals surface area contributed by atoms with Crippen molar-refractivity contribution in [2.45, 2.75) is 86.6 Å². The summed E-state index contributed by atoms with van der Waals surface area (Å²) in [4.78, 5) is 12.9. The van der Waals surface area contributed by atoms with Crippen molar-refractivity contribution >= 4 is 15.8 Å². The fourth-order valence-corrected chi connectivity index (χ4v) is 7.52. The van der Waals surface area contributed by atoms with Crippen LogP contribution >= 0.6 is 0 Å². The number of carbonyl (C=O) groups excluding carboxylic acids is 1. The predicted octanol–water partition coefficient (Wildman–Crippen LogP) is 4.60. The van der Waals surface area contributed by atoms with Crippen LogP contribution in [0.2, 0.25) is 0 Å². The van der Waals surface area contributed by atoms with Gasteiger partial charge < -0.3 is 33.5 Å². The van der Waals surface area contributed by atoms with Crippen LogP contribution in [-0.4, -0.2) is 76.9 Å². The van der Waals surface area contributed by atoms with E-state index in [9.17, 15) is 18.3 Å². The van der Waals surface area contributed by atoms with Crippen molar-refractivity contribution in [2.24, 2.45) is 23.7 Å². The van der Waals surface area contributed by atoms with Crippen molar-refractivity contribution in [3.63, 3.8) is 0 Å². The number of hydrogen-bond donors (Lipinski definition) is 1. The fraction of sp³-hybridized carbons (Fsp3) is 0.618. The molecule has 0 amide bonds. The Morgan fingerprint density at radius 3 is 2.49 bits per heavy atom. The predicted molar refractivity (Wildman–Crippen MR) is 163 cm³/mol. The van der Waals surface area contributed by atoms with Crippen LogP contribution in [0.3, 0.4) is 0 Å². The molecule has 6 unspecified atom stereocenters. The molecule has 2 aromatic rings. The lowest BCUT2D eigenvalue weighted by Gasteiger charge is -2.35. The maximum Gasteiger partial charge on any atom is 0.309 e. The molecule has 6 rings (SSSR count). The van der Waals surface area contributed by atoms with Crippen molar-refractivity contribution in [3.05, 3.63) is 42.5 Å². The molecule has 2 saturated carbocycles. The lowest BCUT2D eigenvalue weighted by atomic mass is 9.81. The quantitative estimate of drug-likeness (QED) is 0.230. The fourth-order valence-electron chi connectivity index (χ4n) is 6.16. The van der Waals surface area contributed by atoms with Gasteiger partial charge in [-0.1, -0.05) is 13.8 Å². The van der Waals surface area contributed by atoms with E-state index in [1.807, 2.05) is 6.92 Å². The molecule has 2 saturated heterocycles. The normalized spacial score (nSPS) is 29.6. The summed E-state index contributed by atoms with van der Waals surface area (Å²) in [6, 6.07) is 11.1. The van der Waals surface area contributed by atoms with Gasteiger partial charge in [0.2, 0.25) is 9.84 Å². The number of epoxide rings is 2. The molecule has 4 fully saturated rings. The number of aliphatic hydroxyl groups is 1. The van der Waals surface area contributed by atoms with Gasteiger partial charge in [-0.25, -0.2) is 8.42 Å².